The second-order valence-corrected chi connectivity index (χ2v) is 4.95. The number of likely N-dealkylation sites (N-methyl/N-ethyl adjacent to an activating group) is 1. The van der Waals surface area contributed by atoms with E-state index in [1.54, 1.807) is 0 Å². The number of hydrogen-bond donors (Lipinski definition) is 1. The molecule has 1 rings (SSSR count). The molecule has 1 aromatic carbocycles. The molecule has 0 saturated heterocycles. The number of anilines is 1. The Morgan fingerprint density at radius 3 is 2.67 bits per heavy atom. The summed E-state index contributed by atoms with van der Waals surface area (Å²) in [6, 6.07) is 6.47. The number of benzene rings is 1. The summed E-state index contributed by atoms with van der Waals surface area (Å²) in [5.41, 5.74) is 8.08. The van der Waals surface area contributed by atoms with Gasteiger partial charge < -0.3 is 15.4 Å². The lowest BCUT2D eigenvalue weighted by Crippen LogP contribution is -2.27. The van der Waals surface area contributed by atoms with Crippen molar-refractivity contribution in [3.8, 4) is 0 Å². The first-order valence-electron chi connectivity index (χ1n) is 6.54. The topological polar surface area (TPSA) is 38.5 Å². The van der Waals surface area contributed by atoms with Gasteiger partial charge in [-0.2, -0.15) is 0 Å². The van der Waals surface area contributed by atoms with Crippen LogP contribution in [0.1, 0.15) is 19.4 Å². The van der Waals surface area contributed by atoms with E-state index in [-0.39, 0.29) is 0 Å². The van der Waals surface area contributed by atoms with E-state index < -0.39 is 0 Å². The molecule has 2 N–H and O–H groups in total. The molecule has 0 spiro atoms. The Kier molecular flexibility index (Phi) is 7.32. The van der Waals surface area contributed by atoms with Crippen molar-refractivity contribution in [2.75, 3.05) is 37.7 Å². The van der Waals surface area contributed by atoms with Crippen LogP contribution in [0.3, 0.4) is 0 Å². The van der Waals surface area contributed by atoms with Crippen LogP contribution in [0.5, 0.6) is 0 Å². The van der Waals surface area contributed by atoms with Crippen molar-refractivity contribution in [2.24, 2.45) is 5.73 Å². The minimum Gasteiger partial charge on any atom is -0.380 e. The van der Waals surface area contributed by atoms with E-state index >= 15 is 0 Å². The third kappa shape index (κ3) is 4.59. The number of hydrogen-bond acceptors (Lipinski definition) is 3. The molecular formula is C14H23BrN2O. The van der Waals surface area contributed by atoms with E-state index in [1.165, 1.54) is 11.3 Å². The predicted molar refractivity (Wildman–Crippen MR) is 81.3 cm³/mol. The molecule has 0 saturated carbocycles. The lowest BCUT2D eigenvalue weighted by Gasteiger charge is -2.23. The third-order valence-electron chi connectivity index (χ3n) is 2.91. The van der Waals surface area contributed by atoms with Crippen molar-refractivity contribution in [3.05, 3.63) is 28.2 Å². The first-order chi connectivity index (χ1) is 8.72. The van der Waals surface area contributed by atoms with E-state index in [4.69, 9.17) is 10.5 Å². The molecule has 102 valence electrons. The zero-order valence-corrected chi connectivity index (χ0v) is 12.9. The first-order valence-corrected chi connectivity index (χ1v) is 7.33. The molecule has 0 radical (unpaired) electrons. The van der Waals surface area contributed by atoms with Gasteiger partial charge in [0.1, 0.15) is 0 Å². The highest BCUT2D eigenvalue weighted by Crippen LogP contribution is 2.24. The van der Waals surface area contributed by atoms with E-state index in [0.29, 0.717) is 6.54 Å². The zero-order valence-electron chi connectivity index (χ0n) is 11.3. The zero-order chi connectivity index (χ0) is 13.4. The van der Waals surface area contributed by atoms with Gasteiger partial charge in [-0.3, -0.25) is 0 Å². The van der Waals surface area contributed by atoms with Crippen LogP contribution in [0.2, 0.25) is 0 Å². The van der Waals surface area contributed by atoms with Gasteiger partial charge >= 0.3 is 0 Å². The van der Waals surface area contributed by atoms with Gasteiger partial charge in [0.15, 0.2) is 0 Å². The smallest absolute Gasteiger partial charge is 0.0641 e. The van der Waals surface area contributed by atoms with Gasteiger partial charge in [0.05, 0.1) is 6.61 Å². The number of ether oxygens (including phenoxy) is 1. The molecule has 0 atom stereocenters. The Morgan fingerprint density at radius 1 is 1.33 bits per heavy atom. The van der Waals surface area contributed by atoms with Gasteiger partial charge in [-0.1, -0.05) is 22.0 Å². The molecule has 0 aromatic heterocycles. The minimum absolute atomic E-state index is 0.680. The van der Waals surface area contributed by atoms with Gasteiger partial charge in [-0.15, -0.1) is 0 Å². The van der Waals surface area contributed by atoms with Gasteiger partial charge in [0.25, 0.3) is 0 Å². The normalized spacial score (nSPS) is 10.7. The number of rotatable bonds is 8. The molecule has 0 aliphatic heterocycles. The first kappa shape index (κ1) is 15.5. The molecule has 18 heavy (non-hydrogen) atoms. The summed E-state index contributed by atoms with van der Waals surface area (Å²) in [5.74, 6) is 0. The maximum atomic E-state index is 5.59. The molecule has 1 aromatic rings. The molecule has 0 fully saturated rings. The van der Waals surface area contributed by atoms with Crippen LogP contribution >= 0.6 is 15.9 Å². The van der Waals surface area contributed by atoms with Crippen molar-refractivity contribution in [3.63, 3.8) is 0 Å². The van der Waals surface area contributed by atoms with Crippen molar-refractivity contribution >= 4 is 21.6 Å². The largest absolute Gasteiger partial charge is 0.380 e. The van der Waals surface area contributed by atoms with Crippen molar-refractivity contribution in [1.82, 2.24) is 0 Å². The van der Waals surface area contributed by atoms with Crippen LogP contribution in [-0.4, -0.2) is 32.8 Å². The lowest BCUT2D eigenvalue weighted by atomic mass is 10.1. The average Bonchev–Trinajstić information content (AvgIpc) is 2.37. The van der Waals surface area contributed by atoms with E-state index in [2.05, 4.69) is 46.0 Å². The SMILES string of the molecule is CCOCCN(CC)c1ccc(CCN)c(Br)c1. The summed E-state index contributed by atoms with van der Waals surface area (Å²) < 4.78 is 6.55. The maximum Gasteiger partial charge on any atom is 0.0641 e. The molecule has 0 bridgehead atoms. The van der Waals surface area contributed by atoms with Crippen molar-refractivity contribution < 1.29 is 4.74 Å². The second-order valence-electron chi connectivity index (χ2n) is 4.09. The lowest BCUT2D eigenvalue weighted by molar-refractivity contribution is 0.154. The summed E-state index contributed by atoms with van der Waals surface area (Å²) in [6.45, 7) is 8.31. The van der Waals surface area contributed by atoms with Crippen molar-refractivity contribution in [2.45, 2.75) is 20.3 Å². The standard InChI is InChI=1S/C14H23BrN2O/c1-3-17(9-10-18-4-2)13-6-5-12(7-8-16)14(15)11-13/h5-6,11H,3-4,7-10,16H2,1-2H3. The van der Waals surface area contributed by atoms with Crippen LogP contribution < -0.4 is 10.6 Å². The molecular weight excluding hydrogens is 292 g/mol. The van der Waals surface area contributed by atoms with E-state index in [1.807, 2.05) is 6.92 Å². The van der Waals surface area contributed by atoms with E-state index in [9.17, 15) is 0 Å². The number of nitrogens with zero attached hydrogens (tertiary/aromatic N) is 1. The molecule has 0 amide bonds. The fraction of sp³-hybridized carbons (Fsp3) is 0.571. The highest BCUT2D eigenvalue weighted by Gasteiger charge is 2.07. The Hall–Kier alpha value is -0.580. The summed E-state index contributed by atoms with van der Waals surface area (Å²) in [4.78, 5) is 2.31. The molecule has 4 heteroatoms. The number of nitrogens with two attached hydrogens (primary N) is 1. The quantitative estimate of drug-likeness (QED) is 0.750. The summed E-state index contributed by atoms with van der Waals surface area (Å²) in [7, 11) is 0. The maximum absolute atomic E-state index is 5.59. The Balaban J connectivity index is 2.71. The Labute approximate surface area is 118 Å². The van der Waals surface area contributed by atoms with Crippen LogP contribution in [0, 0.1) is 0 Å². The predicted octanol–water partition coefficient (Wildman–Crippen LogP) is 2.81. The molecule has 0 heterocycles. The molecule has 0 aliphatic carbocycles. The Bertz CT molecular complexity index is 358. The molecule has 0 unspecified atom stereocenters. The monoisotopic (exact) mass is 314 g/mol. The van der Waals surface area contributed by atoms with Gasteiger partial charge in [-0.05, 0) is 44.5 Å². The third-order valence-corrected chi connectivity index (χ3v) is 3.65. The van der Waals surface area contributed by atoms with Crippen LogP contribution in [0.15, 0.2) is 22.7 Å². The Morgan fingerprint density at radius 2 is 2.11 bits per heavy atom. The van der Waals surface area contributed by atoms with Crippen LogP contribution in [-0.2, 0) is 11.2 Å². The minimum atomic E-state index is 0.680. The van der Waals surface area contributed by atoms with Crippen LogP contribution in [0.25, 0.3) is 0 Å². The van der Waals surface area contributed by atoms with Gasteiger partial charge in [0, 0.05) is 29.9 Å². The summed E-state index contributed by atoms with van der Waals surface area (Å²) >= 11 is 3.61. The highest BCUT2D eigenvalue weighted by molar-refractivity contribution is 9.10. The second kappa shape index (κ2) is 8.51. The van der Waals surface area contributed by atoms with Crippen molar-refractivity contribution in [1.29, 1.82) is 0 Å². The fourth-order valence-electron chi connectivity index (χ4n) is 1.88. The van der Waals surface area contributed by atoms with Gasteiger partial charge in [-0.25, -0.2) is 0 Å². The number of halogens is 1. The molecule has 0 aliphatic rings. The summed E-state index contributed by atoms with van der Waals surface area (Å²) in [6.07, 6.45) is 0.909. The molecule has 3 nitrogen and oxygen atoms in total. The highest BCUT2D eigenvalue weighted by atomic mass is 79.9. The fourth-order valence-corrected chi connectivity index (χ4v) is 2.45. The van der Waals surface area contributed by atoms with Crippen LogP contribution in [0.4, 0.5) is 5.69 Å². The van der Waals surface area contributed by atoms with Gasteiger partial charge in [0.2, 0.25) is 0 Å². The summed E-state index contributed by atoms with van der Waals surface area (Å²) in [5, 5.41) is 0. The van der Waals surface area contributed by atoms with E-state index in [0.717, 1.165) is 37.2 Å². The average molecular weight is 315 g/mol.